The number of nitrogens with one attached hydrogen (secondary N) is 1. The standard InChI is InChI=1S/C21H26N4O4/c1-15-4-6-18(28-3)17(12-15)5-7-21(27)25-10-8-24(9-11-25)14-20(26)22-19-13-16(2)29-23-19/h4-7,12-13H,8-11,14H2,1-3H3,(H,22,23,26)/b7-5+. The van der Waals surface area contributed by atoms with Crippen molar-refractivity contribution in [2.24, 2.45) is 0 Å². The lowest BCUT2D eigenvalue weighted by molar-refractivity contribution is -0.127. The van der Waals surface area contributed by atoms with Crippen molar-refractivity contribution in [1.29, 1.82) is 0 Å². The predicted octanol–water partition coefficient (Wildman–Crippen LogP) is 2.10. The van der Waals surface area contributed by atoms with Crippen LogP contribution in [-0.4, -0.2) is 66.6 Å². The van der Waals surface area contributed by atoms with E-state index >= 15 is 0 Å². The Hall–Kier alpha value is -3.13. The highest BCUT2D eigenvalue weighted by atomic mass is 16.5. The molecule has 1 aromatic heterocycles. The molecule has 8 heteroatoms. The van der Waals surface area contributed by atoms with Gasteiger partial charge in [-0.3, -0.25) is 14.5 Å². The lowest BCUT2D eigenvalue weighted by Crippen LogP contribution is -2.50. The van der Waals surface area contributed by atoms with Crippen LogP contribution in [0.3, 0.4) is 0 Å². The Bertz CT molecular complexity index is 898. The summed E-state index contributed by atoms with van der Waals surface area (Å²) in [4.78, 5) is 28.4. The average Bonchev–Trinajstić information content (AvgIpc) is 3.11. The van der Waals surface area contributed by atoms with Gasteiger partial charge in [0.05, 0.1) is 13.7 Å². The number of carbonyl (C=O) groups is 2. The Morgan fingerprint density at radius 1 is 1.21 bits per heavy atom. The molecule has 0 aliphatic carbocycles. The van der Waals surface area contributed by atoms with Gasteiger partial charge in [-0.15, -0.1) is 0 Å². The number of ether oxygens (including phenoxy) is 1. The van der Waals surface area contributed by atoms with Crippen LogP contribution in [-0.2, 0) is 9.59 Å². The highest BCUT2D eigenvalue weighted by Gasteiger charge is 2.21. The minimum absolute atomic E-state index is 0.0456. The first-order chi connectivity index (χ1) is 13.9. The molecule has 2 aromatic rings. The van der Waals surface area contributed by atoms with Gasteiger partial charge >= 0.3 is 0 Å². The molecule has 0 radical (unpaired) electrons. The molecule has 1 aliphatic heterocycles. The Labute approximate surface area is 170 Å². The zero-order valence-electron chi connectivity index (χ0n) is 17.0. The molecule has 0 bridgehead atoms. The minimum atomic E-state index is -0.149. The number of aromatic nitrogens is 1. The van der Waals surface area contributed by atoms with E-state index in [0.29, 0.717) is 37.8 Å². The van der Waals surface area contributed by atoms with E-state index in [1.165, 1.54) is 0 Å². The number of benzene rings is 1. The molecular weight excluding hydrogens is 372 g/mol. The van der Waals surface area contributed by atoms with Crippen molar-refractivity contribution in [1.82, 2.24) is 15.0 Å². The van der Waals surface area contributed by atoms with E-state index in [0.717, 1.165) is 16.9 Å². The van der Waals surface area contributed by atoms with Crippen molar-refractivity contribution in [3.05, 3.63) is 47.2 Å². The third kappa shape index (κ3) is 5.68. The monoisotopic (exact) mass is 398 g/mol. The van der Waals surface area contributed by atoms with Crippen LogP contribution >= 0.6 is 0 Å². The van der Waals surface area contributed by atoms with Gasteiger partial charge in [-0.2, -0.15) is 0 Å². The van der Waals surface area contributed by atoms with E-state index in [-0.39, 0.29) is 18.4 Å². The number of hydrogen-bond acceptors (Lipinski definition) is 6. The van der Waals surface area contributed by atoms with E-state index in [2.05, 4.69) is 10.5 Å². The zero-order chi connectivity index (χ0) is 20.8. The first kappa shape index (κ1) is 20.6. The molecule has 0 atom stereocenters. The number of nitrogens with zero attached hydrogens (tertiary/aromatic N) is 3. The van der Waals surface area contributed by atoms with Crippen LogP contribution in [0.15, 0.2) is 34.9 Å². The summed E-state index contributed by atoms with van der Waals surface area (Å²) in [7, 11) is 1.61. The maximum Gasteiger partial charge on any atom is 0.246 e. The van der Waals surface area contributed by atoms with E-state index < -0.39 is 0 Å². The summed E-state index contributed by atoms with van der Waals surface area (Å²) in [5.41, 5.74) is 1.98. The van der Waals surface area contributed by atoms with E-state index in [4.69, 9.17) is 9.26 Å². The number of aryl methyl sites for hydroxylation is 2. The van der Waals surface area contributed by atoms with Crippen LogP contribution in [0.4, 0.5) is 5.82 Å². The molecule has 29 heavy (non-hydrogen) atoms. The van der Waals surface area contributed by atoms with Crippen molar-refractivity contribution in [3.8, 4) is 5.75 Å². The van der Waals surface area contributed by atoms with Crippen LogP contribution in [0.5, 0.6) is 5.75 Å². The molecule has 2 heterocycles. The summed E-state index contributed by atoms with van der Waals surface area (Å²) in [6.07, 6.45) is 3.36. The highest BCUT2D eigenvalue weighted by Crippen LogP contribution is 2.21. The second-order valence-corrected chi connectivity index (χ2v) is 7.05. The first-order valence-electron chi connectivity index (χ1n) is 9.52. The van der Waals surface area contributed by atoms with Gasteiger partial charge < -0.3 is 19.5 Å². The SMILES string of the molecule is COc1ccc(C)cc1/C=C/C(=O)N1CCN(CC(=O)Nc2cc(C)on2)CC1. The minimum Gasteiger partial charge on any atom is -0.496 e. The lowest BCUT2D eigenvalue weighted by Gasteiger charge is -2.33. The second-order valence-electron chi connectivity index (χ2n) is 7.05. The summed E-state index contributed by atoms with van der Waals surface area (Å²) >= 11 is 0. The van der Waals surface area contributed by atoms with Gasteiger partial charge in [0.15, 0.2) is 5.82 Å². The summed E-state index contributed by atoms with van der Waals surface area (Å²) in [6.45, 7) is 6.44. The number of anilines is 1. The maximum atomic E-state index is 12.5. The van der Waals surface area contributed by atoms with Crippen LogP contribution in [0.25, 0.3) is 6.08 Å². The molecule has 1 fully saturated rings. The van der Waals surface area contributed by atoms with Crippen molar-refractivity contribution in [3.63, 3.8) is 0 Å². The zero-order valence-corrected chi connectivity index (χ0v) is 17.0. The molecule has 8 nitrogen and oxygen atoms in total. The van der Waals surface area contributed by atoms with Crippen LogP contribution < -0.4 is 10.1 Å². The molecule has 0 spiro atoms. The molecule has 0 saturated carbocycles. The molecule has 2 amide bonds. The normalized spacial score (nSPS) is 14.9. The molecule has 1 aromatic carbocycles. The van der Waals surface area contributed by atoms with Crippen molar-refractivity contribution < 1.29 is 18.8 Å². The fourth-order valence-corrected chi connectivity index (χ4v) is 3.19. The van der Waals surface area contributed by atoms with Gasteiger partial charge in [0.1, 0.15) is 11.5 Å². The summed E-state index contributed by atoms with van der Waals surface area (Å²) in [6, 6.07) is 7.51. The van der Waals surface area contributed by atoms with E-state index in [9.17, 15) is 9.59 Å². The van der Waals surface area contributed by atoms with Gasteiger partial charge in [0.25, 0.3) is 0 Å². The topological polar surface area (TPSA) is 87.9 Å². The van der Waals surface area contributed by atoms with Crippen molar-refractivity contribution in [2.45, 2.75) is 13.8 Å². The molecular formula is C21H26N4O4. The first-order valence-corrected chi connectivity index (χ1v) is 9.52. The lowest BCUT2D eigenvalue weighted by atomic mass is 10.1. The van der Waals surface area contributed by atoms with Gasteiger partial charge in [-0.25, -0.2) is 0 Å². The van der Waals surface area contributed by atoms with Gasteiger partial charge in [-0.05, 0) is 32.1 Å². The molecule has 3 rings (SSSR count). The van der Waals surface area contributed by atoms with Crippen LogP contribution in [0, 0.1) is 13.8 Å². The fraction of sp³-hybridized carbons (Fsp3) is 0.381. The van der Waals surface area contributed by atoms with E-state index in [1.807, 2.05) is 30.0 Å². The average molecular weight is 398 g/mol. The third-order valence-electron chi connectivity index (χ3n) is 4.74. The molecule has 154 valence electrons. The predicted molar refractivity (Wildman–Crippen MR) is 110 cm³/mol. The van der Waals surface area contributed by atoms with Crippen LogP contribution in [0.1, 0.15) is 16.9 Å². The summed E-state index contributed by atoms with van der Waals surface area (Å²) in [5.74, 6) is 1.60. The Morgan fingerprint density at radius 3 is 2.62 bits per heavy atom. The molecule has 1 saturated heterocycles. The van der Waals surface area contributed by atoms with Crippen molar-refractivity contribution in [2.75, 3.05) is 45.2 Å². The Balaban J connectivity index is 1.48. The highest BCUT2D eigenvalue weighted by molar-refractivity contribution is 5.92. The van der Waals surface area contributed by atoms with Gasteiger partial charge in [0.2, 0.25) is 11.8 Å². The van der Waals surface area contributed by atoms with Crippen molar-refractivity contribution >= 4 is 23.7 Å². The van der Waals surface area contributed by atoms with E-state index in [1.54, 1.807) is 37.2 Å². The third-order valence-corrected chi connectivity index (χ3v) is 4.74. The number of carbonyl (C=O) groups excluding carboxylic acids is 2. The number of methoxy groups -OCH3 is 1. The number of hydrogen-bond donors (Lipinski definition) is 1. The van der Waals surface area contributed by atoms with Crippen LogP contribution in [0.2, 0.25) is 0 Å². The summed E-state index contributed by atoms with van der Waals surface area (Å²) < 4.78 is 10.3. The van der Waals surface area contributed by atoms with Gasteiger partial charge in [0, 0.05) is 43.9 Å². The maximum absolute atomic E-state index is 12.5. The second kappa shape index (κ2) is 9.38. The Kier molecular flexibility index (Phi) is 6.66. The van der Waals surface area contributed by atoms with Gasteiger partial charge in [-0.1, -0.05) is 16.8 Å². The number of amides is 2. The summed E-state index contributed by atoms with van der Waals surface area (Å²) in [5, 5.41) is 6.46. The smallest absolute Gasteiger partial charge is 0.246 e. The largest absolute Gasteiger partial charge is 0.496 e. The Morgan fingerprint density at radius 2 is 1.97 bits per heavy atom. The number of rotatable bonds is 6. The molecule has 0 unspecified atom stereocenters. The quantitative estimate of drug-likeness (QED) is 0.750. The number of piperazine rings is 1. The fourth-order valence-electron chi connectivity index (χ4n) is 3.19. The molecule has 1 N–H and O–H groups in total. The molecule has 1 aliphatic rings.